The lowest BCUT2D eigenvalue weighted by atomic mass is 9.60. The molecular weight excluding hydrogens is 464 g/mol. The fourth-order valence-corrected chi connectivity index (χ4v) is 7.59. The molecule has 0 amide bonds. The number of allylic oxidation sites excluding steroid dienone is 3. The van der Waals surface area contributed by atoms with Crippen LogP contribution in [0.4, 0.5) is 0 Å². The van der Waals surface area contributed by atoms with Gasteiger partial charge < -0.3 is 25.5 Å². The molecule has 5 N–H and O–H groups in total. The van der Waals surface area contributed by atoms with E-state index in [1.807, 2.05) is 13.8 Å². The minimum absolute atomic E-state index is 0.199. The molecule has 5 heteroatoms. The van der Waals surface area contributed by atoms with Gasteiger partial charge in [0.1, 0.15) is 0 Å². The molecule has 0 aromatic rings. The zero-order valence-corrected chi connectivity index (χ0v) is 24.0. The van der Waals surface area contributed by atoms with Gasteiger partial charge in [0, 0.05) is 6.42 Å². The average Bonchev–Trinajstić information content (AvgIpc) is 3.13. The third-order valence-electron chi connectivity index (χ3n) is 9.86. The summed E-state index contributed by atoms with van der Waals surface area (Å²) in [5.74, 6) is 1.53. The highest BCUT2D eigenvalue weighted by Crippen LogP contribution is 2.60. The lowest BCUT2D eigenvalue weighted by Crippen LogP contribution is -2.39. The van der Waals surface area contributed by atoms with Crippen molar-refractivity contribution < 1.29 is 25.5 Å². The topological polar surface area (TPSA) is 101 Å². The Hall–Kier alpha value is -0.980. The summed E-state index contributed by atoms with van der Waals surface area (Å²) in [4.78, 5) is 0. The summed E-state index contributed by atoms with van der Waals surface area (Å²) < 4.78 is 0. The number of fused-ring (bicyclic) bond motifs is 1. The van der Waals surface area contributed by atoms with Crippen LogP contribution in [0.15, 0.2) is 35.5 Å². The van der Waals surface area contributed by atoms with Crippen LogP contribution < -0.4 is 0 Å². The van der Waals surface area contributed by atoms with E-state index < -0.39 is 29.5 Å². The first kappa shape index (κ1) is 30.6. The quantitative estimate of drug-likeness (QED) is 0.259. The zero-order chi connectivity index (χ0) is 27.6. The Morgan fingerprint density at radius 3 is 2.41 bits per heavy atom. The number of aliphatic hydroxyl groups is 5. The van der Waals surface area contributed by atoms with Crippen molar-refractivity contribution in [1.29, 1.82) is 0 Å². The number of rotatable bonds is 10. The normalized spacial score (nSPS) is 35.1. The third kappa shape index (κ3) is 7.79. The van der Waals surface area contributed by atoms with Gasteiger partial charge in [0.2, 0.25) is 0 Å². The Balaban J connectivity index is 1.79. The van der Waals surface area contributed by atoms with Crippen molar-refractivity contribution >= 4 is 0 Å². The van der Waals surface area contributed by atoms with Crippen LogP contribution in [0, 0.1) is 23.2 Å². The van der Waals surface area contributed by atoms with E-state index in [1.54, 1.807) is 13.8 Å². The van der Waals surface area contributed by atoms with Crippen LogP contribution in [0.5, 0.6) is 0 Å². The van der Waals surface area contributed by atoms with Crippen LogP contribution in [0.25, 0.3) is 0 Å². The molecule has 3 aliphatic carbocycles. The first-order chi connectivity index (χ1) is 17.1. The van der Waals surface area contributed by atoms with Gasteiger partial charge in [-0.25, -0.2) is 0 Å². The monoisotopic (exact) mass is 518 g/mol. The summed E-state index contributed by atoms with van der Waals surface area (Å²) in [5.41, 5.74) is 1.62. The van der Waals surface area contributed by atoms with E-state index in [2.05, 4.69) is 25.7 Å². The molecule has 0 radical (unpaired) electrons. The highest BCUT2D eigenvalue weighted by molar-refractivity contribution is 5.38. The Kier molecular flexibility index (Phi) is 9.94. The number of hydrogen-bond acceptors (Lipinski definition) is 5. The van der Waals surface area contributed by atoms with Crippen LogP contribution >= 0.6 is 0 Å². The van der Waals surface area contributed by atoms with E-state index in [0.717, 1.165) is 49.7 Å². The molecule has 0 aromatic heterocycles. The second-order valence-electron chi connectivity index (χ2n) is 13.9. The summed E-state index contributed by atoms with van der Waals surface area (Å²) in [6.07, 6.45) is 13.4. The predicted octanol–water partition coefficient (Wildman–Crippen LogP) is 5.60. The van der Waals surface area contributed by atoms with Gasteiger partial charge in [0.05, 0.1) is 29.5 Å². The molecule has 3 aliphatic rings. The summed E-state index contributed by atoms with van der Waals surface area (Å²) in [6.45, 7) is 13.7. The highest BCUT2D eigenvalue weighted by atomic mass is 16.3. The van der Waals surface area contributed by atoms with E-state index in [0.29, 0.717) is 37.0 Å². The van der Waals surface area contributed by atoms with Crippen LogP contribution in [-0.4, -0.2) is 55.0 Å². The minimum atomic E-state index is -1.10. The van der Waals surface area contributed by atoms with Gasteiger partial charge in [0.25, 0.3) is 0 Å². The van der Waals surface area contributed by atoms with Crippen molar-refractivity contribution in [1.82, 2.24) is 0 Å². The van der Waals surface area contributed by atoms with Crippen molar-refractivity contribution in [2.45, 2.75) is 141 Å². The van der Waals surface area contributed by atoms with Gasteiger partial charge in [-0.15, -0.1) is 0 Å². The molecular formula is C32H54O5. The van der Waals surface area contributed by atoms with Crippen LogP contribution in [-0.2, 0) is 0 Å². The molecule has 37 heavy (non-hydrogen) atoms. The largest absolute Gasteiger partial charge is 0.393 e. The fourth-order valence-electron chi connectivity index (χ4n) is 7.59. The predicted molar refractivity (Wildman–Crippen MR) is 150 cm³/mol. The van der Waals surface area contributed by atoms with Crippen LogP contribution in [0.1, 0.15) is 112 Å². The summed E-state index contributed by atoms with van der Waals surface area (Å²) in [7, 11) is 0. The molecule has 0 aromatic carbocycles. The lowest BCUT2D eigenvalue weighted by molar-refractivity contribution is -0.0563. The Morgan fingerprint density at radius 2 is 1.76 bits per heavy atom. The van der Waals surface area contributed by atoms with E-state index in [4.69, 9.17) is 0 Å². The standard InChI is InChI=1S/C32H54O5/c1-21-24(19-25(33)20-28(21)34)12-11-22-10-8-18-32(6)26(22)14-15-27(32)23(9-7-17-30(2,3)36)13-16-29(35)31(4,5)37/h11-12,23,25-29,33-37H,1,7-10,13-20H2,2-6H3/t23?,25-,26?,27?,28+,29?,32+/m1/s1. The molecule has 0 aliphatic heterocycles. The van der Waals surface area contributed by atoms with Crippen LogP contribution in [0.2, 0.25) is 0 Å². The Labute approximate surface area is 225 Å². The molecule has 4 unspecified atom stereocenters. The van der Waals surface area contributed by atoms with Gasteiger partial charge in [-0.1, -0.05) is 44.1 Å². The van der Waals surface area contributed by atoms with Crippen molar-refractivity contribution in [3.8, 4) is 0 Å². The van der Waals surface area contributed by atoms with E-state index in [-0.39, 0.29) is 5.41 Å². The molecule has 0 saturated heterocycles. The van der Waals surface area contributed by atoms with E-state index in [9.17, 15) is 25.5 Å². The molecule has 0 spiro atoms. The number of hydrogen-bond donors (Lipinski definition) is 5. The van der Waals surface area contributed by atoms with Crippen molar-refractivity contribution in [2.75, 3.05) is 0 Å². The van der Waals surface area contributed by atoms with Gasteiger partial charge >= 0.3 is 0 Å². The van der Waals surface area contributed by atoms with Gasteiger partial charge in [-0.3, -0.25) is 0 Å². The van der Waals surface area contributed by atoms with Crippen molar-refractivity contribution in [2.24, 2.45) is 23.2 Å². The van der Waals surface area contributed by atoms with Gasteiger partial charge in [-0.2, -0.15) is 0 Å². The minimum Gasteiger partial charge on any atom is -0.393 e. The Bertz CT molecular complexity index is 844. The molecule has 3 fully saturated rings. The lowest BCUT2D eigenvalue weighted by Gasteiger charge is -2.45. The highest BCUT2D eigenvalue weighted by Gasteiger charge is 2.51. The molecule has 0 bridgehead atoms. The molecule has 5 nitrogen and oxygen atoms in total. The van der Waals surface area contributed by atoms with E-state index >= 15 is 0 Å². The second kappa shape index (κ2) is 12.0. The summed E-state index contributed by atoms with van der Waals surface area (Å²) in [5, 5.41) is 51.5. The number of aliphatic hydroxyl groups excluding tert-OH is 3. The second-order valence-corrected chi connectivity index (χ2v) is 13.9. The maximum absolute atomic E-state index is 10.6. The molecule has 3 rings (SSSR count). The van der Waals surface area contributed by atoms with E-state index in [1.165, 1.54) is 24.8 Å². The smallest absolute Gasteiger partial charge is 0.0849 e. The molecule has 212 valence electrons. The zero-order valence-electron chi connectivity index (χ0n) is 24.0. The average molecular weight is 519 g/mol. The van der Waals surface area contributed by atoms with Gasteiger partial charge in [0.15, 0.2) is 0 Å². The van der Waals surface area contributed by atoms with Crippen molar-refractivity contribution in [3.63, 3.8) is 0 Å². The summed E-state index contributed by atoms with van der Waals surface area (Å²) in [6, 6.07) is 0. The fraction of sp³-hybridized carbons (Fsp3) is 0.812. The molecule has 0 heterocycles. The summed E-state index contributed by atoms with van der Waals surface area (Å²) >= 11 is 0. The van der Waals surface area contributed by atoms with Crippen molar-refractivity contribution in [3.05, 3.63) is 35.5 Å². The third-order valence-corrected chi connectivity index (χ3v) is 9.86. The van der Waals surface area contributed by atoms with Crippen LogP contribution in [0.3, 0.4) is 0 Å². The maximum atomic E-state index is 10.6. The first-order valence-electron chi connectivity index (χ1n) is 14.7. The molecule has 3 saturated carbocycles. The maximum Gasteiger partial charge on any atom is 0.0849 e. The SMILES string of the molecule is C=C1C(=CC=C2CCC[C@@]3(C)C2CCC3C(CCCC(C)(C)O)CCC(O)C(C)(C)O)C[C@@H](O)C[C@@H]1O. The molecule has 7 atom stereocenters. The Morgan fingerprint density at radius 1 is 1.05 bits per heavy atom. The van der Waals surface area contributed by atoms with Gasteiger partial charge in [-0.05, 0) is 120 Å². The first-order valence-corrected chi connectivity index (χ1v) is 14.7.